The summed E-state index contributed by atoms with van der Waals surface area (Å²) < 4.78 is 5.26. The molecule has 0 saturated carbocycles. The van der Waals surface area contributed by atoms with Gasteiger partial charge in [-0.25, -0.2) is 0 Å². The molecule has 1 aromatic carbocycles. The van der Waals surface area contributed by atoms with Crippen LogP contribution in [0.1, 0.15) is 12.0 Å². The zero-order chi connectivity index (χ0) is 16.7. The Morgan fingerprint density at radius 3 is 2.74 bits per heavy atom. The highest BCUT2D eigenvalue weighted by molar-refractivity contribution is 6.31. The van der Waals surface area contributed by atoms with Crippen LogP contribution in [0.2, 0.25) is 5.02 Å². The van der Waals surface area contributed by atoms with Crippen molar-refractivity contribution >= 4 is 29.1 Å². The fourth-order valence-electron chi connectivity index (χ4n) is 2.32. The SMILES string of the molecule is Cc1c(Cl)cccc1NC(=O)CC(=O)NCCN1CCOCC1. The van der Waals surface area contributed by atoms with Crippen molar-refractivity contribution in [2.45, 2.75) is 13.3 Å². The van der Waals surface area contributed by atoms with Crippen LogP contribution >= 0.6 is 11.6 Å². The smallest absolute Gasteiger partial charge is 0.233 e. The molecule has 2 rings (SSSR count). The lowest BCUT2D eigenvalue weighted by Gasteiger charge is -2.26. The van der Waals surface area contributed by atoms with Gasteiger partial charge in [-0.1, -0.05) is 17.7 Å². The van der Waals surface area contributed by atoms with Crippen LogP contribution in [0.4, 0.5) is 5.69 Å². The summed E-state index contributed by atoms with van der Waals surface area (Å²) in [5.74, 6) is -0.630. The van der Waals surface area contributed by atoms with Crippen LogP contribution in [0.5, 0.6) is 0 Å². The number of morpholine rings is 1. The molecule has 1 aliphatic rings. The predicted octanol–water partition coefficient (Wildman–Crippen LogP) is 1.43. The number of hydrogen-bond acceptors (Lipinski definition) is 4. The second-order valence-electron chi connectivity index (χ2n) is 5.44. The van der Waals surface area contributed by atoms with E-state index in [9.17, 15) is 9.59 Å². The molecule has 2 N–H and O–H groups in total. The van der Waals surface area contributed by atoms with E-state index in [1.807, 2.05) is 6.92 Å². The fourth-order valence-corrected chi connectivity index (χ4v) is 2.50. The zero-order valence-electron chi connectivity index (χ0n) is 13.2. The van der Waals surface area contributed by atoms with Gasteiger partial charge in [-0.15, -0.1) is 0 Å². The Hall–Kier alpha value is -1.63. The maximum atomic E-state index is 11.9. The number of carbonyl (C=O) groups is 2. The number of carbonyl (C=O) groups excluding carboxylic acids is 2. The van der Waals surface area contributed by atoms with Crippen molar-refractivity contribution in [2.24, 2.45) is 0 Å². The van der Waals surface area contributed by atoms with Crippen molar-refractivity contribution in [3.8, 4) is 0 Å². The van der Waals surface area contributed by atoms with Crippen molar-refractivity contribution in [3.05, 3.63) is 28.8 Å². The van der Waals surface area contributed by atoms with Crippen molar-refractivity contribution in [3.63, 3.8) is 0 Å². The molecule has 0 bridgehead atoms. The van der Waals surface area contributed by atoms with Crippen LogP contribution in [0.15, 0.2) is 18.2 Å². The quantitative estimate of drug-likeness (QED) is 0.769. The first-order valence-electron chi connectivity index (χ1n) is 7.68. The van der Waals surface area contributed by atoms with Gasteiger partial charge in [-0.2, -0.15) is 0 Å². The molecule has 126 valence electrons. The number of anilines is 1. The Bertz CT molecular complexity index is 560. The molecule has 0 aliphatic carbocycles. The summed E-state index contributed by atoms with van der Waals surface area (Å²) in [7, 11) is 0. The normalized spacial score (nSPS) is 15.2. The Morgan fingerprint density at radius 1 is 1.26 bits per heavy atom. The highest BCUT2D eigenvalue weighted by Gasteiger charge is 2.13. The van der Waals surface area contributed by atoms with Crippen LogP contribution in [-0.2, 0) is 14.3 Å². The molecule has 7 heteroatoms. The maximum absolute atomic E-state index is 11.9. The van der Waals surface area contributed by atoms with Gasteiger partial charge in [0.05, 0.1) is 13.2 Å². The van der Waals surface area contributed by atoms with Crippen LogP contribution in [0, 0.1) is 6.92 Å². The van der Waals surface area contributed by atoms with Gasteiger partial charge in [0.25, 0.3) is 0 Å². The molecule has 0 atom stereocenters. The lowest BCUT2D eigenvalue weighted by molar-refractivity contribution is -0.126. The first-order valence-corrected chi connectivity index (χ1v) is 8.06. The van der Waals surface area contributed by atoms with E-state index in [-0.39, 0.29) is 18.2 Å². The minimum atomic E-state index is -0.348. The fraction of sp³-hybridized carbons (Fsp3) is 0.500. The van der Waals surface area contributed by atoms with E-state index in [0.717, 1.165) is 38.4 Å². The van der Waals surface area contributed by atoms with E-state index in [1.54, 1.807) is 18.2 Å². The second kappa shape index (κ2) is 8.86. The summed E-state index contributed by atoms with van der Waals surface area (Å²) in [6.45, 7) is 6.34. The Labute approximate surface area is 141 Å². The van der Waals surface area contributed by atoms with Crippen LogP contribution in [0.25, 0.3) is 0 Å². The molecular weight excluding hydrogens is 318 g/mol. The van der Waals surface area contributed by atoms with E-state index < -0.39 is 0 Å². The second-order valence-corrected chi connectivity index (χ2v) is 5.85. The van der Waals surface area contributed by atoms with Gasteiger partial charge in [0.1, 0.15) is 6.42 Å². The van der Waals surface area contributed by atoms with E-state index in [0.29, 0.717) is 17.3 Å². The third kappa shape index (κ3) is 5.82. The van der Waals surface area contributed by atoms with Gasteiger partial charge >= 0.3 is 0 Å². The zero-order valence-corrected chi connectivity index (χ0v) is 14.0. The largest absolute Gasteiger partial charge is 0.379 e. The first kappa shape index (κ1) is 17.7. The van der Waals surface area contributed by atoms with E-state index in [4.69, 9.17) is 16.3 Å². The number of hydrogen-bond donors (Lipinski definition) is 2. The maximum Gasteiger partial charge on any atom is 0.233 e. The Kier molecular flexibility index (Phi) is 6.83. The summed E-state index contributed by atoms with van der Waals surface area (Å²) in [6.07, 6.45) is -0.199. The van der Waals surface area contributed by atoms with Crippen LogP contribution in [-0.4, -0.2) is 56.1 Å². The highest BCUT2D eigenvalue weighted by Crippen LogP contribution is 2.22. The minimum absolute atomic E-state index is 0.199. The number of amides is 2. The van der Waals surface area contributed by atoms with Crippen molar-refractivity contribution < 1.29 is 14.3 Å². The summed E-state index contributed by atoms with van der Waals surface area (Å²) >= 11 is 6.00. The van der Waals surface area contributed by atoms with Gasteiger partial charge in [-0.3, -0.25) is 14.5 Å². The van der Waals surface area contributed by atoms with Crippen molar-refractivity contribution in [2.75, 3.05) is 44.7 Å². The topological polar surface area (TPSA) is 70.7 Å². The van der Waals surface area contributed by atoms with E-state index in [1.165, 1.54) is 0 Å². The van der Waals surface area contributed by atoms with Gasteiger partial charge in [-0.05, 0) is 24.6 Å². The number of nitrogens with zero attached hydrogens (tertiary/aromatic N) is 1. The lowest BCUT2D eigenvalue weighted by Crippen LogP contribution is -2.41. The molecule has 0 aromatic heterocycles. The summed E-state index contributed by atoms with van der Waals surface area (Å²) in [5, 5.41) is 6.06. The van der Waals surface area contributed by atoms with Gasteiger partial charge < -0.3 is 15.4 Å². The molecule has 1 saturated heterocycles. The first-order chi connectivity index (χ1) is 11.1. The molecule has 1 aromatic rings. The highest BCUT2D eigenvalue weighted by atomic mass is 35.5. The molecule has 2 amide bonds. The molecule has 0 radical (unpaired) electrons. The van der Waals surface area contributed by atoms with E-state index in [2.05, 4.69) is 15.5 Å². The third-order valence-corrected chi connectivity index (χ3v) is 4.13. The average molecular weight is 340 g/mol. The Morgan fingerprint density at radius 2 is 2.00 bits per heavy atom. The Balaban J connectivity index is 1.70. The summed E-state index contributed by atoms with van der Waals surface area (Å²) in [5.41, 5.74) is 1.42. The molecule has 1 fully saturated rings. The number of ether oxygens (including phenoxy) is 1. The van der Waals surface area contributed by atoms with Gasteiger partial charge in [0.15, 0.2) is 0 Å². The molecule has 0 spiro atoms. The summed E-state index contributed by atoms with van der Waals surface area (Å²) in [4.78, 5) is 25.9. The number of rotatable bonds is 6. The minimum Gasteiger partial charge on any atom is -0.379 e. The molecule has 0 unspecified atom stereocenters. The van der Waals surface area contributed by atoms with Crippen molar-refractivity contribution in [1.82, 2.24) is 10.2 Å². The van der Waals surface area contributed by atoms with Crippen LogP contribution < -0.4 is 10.6 Å². The predicted molar refractivity (Wildman–Crippen MR) is 89.7 cm³/mol. The monoisotopic (exact) mass is 339 g/mol. The molecular formula is C16H22ClN3O3. The number of benzene rings is 1. The molecule has 6 nitrogen and oxygen atoms in total. The lowest BCUT2D eigenvalue weighted by atomic mass is 10.2. The standard InChI is InChI=1S/C16H22ClN3O3/c1-12-13(17)3-2-4-14(12)19-16(22)11-15(21)18-5-6-20-7-9-23-10-8-20/h2-4H,5-11H2,1H3,(H,18,21)(H,19,22). The third-order valence-electron chi connectivity index (χ3n) is 3.72. The van der Waals surface area contributed by atoms with Gasteiger partial charge in [0, 0.05) is 36.9 Å². The van der Waals surface area contributed by atoms with Crippen LogP contribution in [0.3, 0.4) is 0 Å². The van der Waals surface area contributed by atoms with Gasteiger partial charge in [0.2, 0.25) is 11.8 Å². The van der Waals surface area contributed by atoms with Crippen molar-refractivity contribution in [1.29, 1.82) is 0 Å². The molecule has 1 heterocycles. The number of halogens is 1. The average Bonchev–Trinajstić information content (AvgIpc) is 2.53. The number of nitrogens with one attached hydrogen (secondary N) is 2. The van der Waals surface area contributed by atoms with E-state index >= 15 is 0 Å². The summed E-state index contributed by atoms with van der Waals surface area (Å²) in [6, 6.07) is 5.27. The molecule has 1 aliphatic heterocycles. The molecule has 23 heavy (non-hydrogen) atoms.